The highest BCUT2D eigenvalue weighted by Crippen LogP contribution is 2.36. The summed E-state index contributed by atoms with van der Waals surface area (Å²) < 4.78 is 5.58. The highest BCUT2D eigenvalue weighted by Gasteiger charge is 2.38. The van der Waals surface area contributed by atoms with Crippen LogP contribution in [0.25, 0.3) is 0 Å². The van der Waals surface area contributed by atoms with Crippen molar-refractivity contribution in [2.75, 3.05) is 18.0 Å². The van der Waals surface area contributed by atoms with Crippen LogP contribution >= 0.6 is 0 Å². The molecule has 5 rings (SSSR count). The van der Waals surface area contributed by atoms with Gasteiger partial charge in [0, 0.05) is 31.3 Å². The number of carbonyl (C=O) groups is 2. The summed E-state index contributed by atoms with van der Waals surface area (Å²) in [6.07, 6.45) is 2.70. The van der Waals surface area contributed by atoms with Crippen molar-refractivity contribution in [1.29, 1.82) is 0 Å². The maximum atomic E-state index is 13.2. The molecule has 33 heavy (non-hydrogen) atoms. The molecule has 2 aliphatic heterocycles. The van der Waals surface area contributed by atoms with Gasteiger partial charge in [0.25, 0.3) is 5.91 Å². The molecule has 0 aliphatic carbocycles. The molecule has 0 saturated carbocycles. The van der Waals surface area contributed by atoms with E-state index in [-0.39, 0.29) is 23.6 Å². The summed E-state index contributed by atoms with van der Waals surface area (Å²) in [4.78, 5) is 43.4. The van der Waals surface area contributed by atoms with Crippen molar-refractivity contribution in [3.8, 4) is 0 Å². The topological polar surface area (TPSA) is 92.4 Å². The van der Waals surface area contributed by atoms with Crippen LogP contribution in [0.1, 0.15) is 63.7 Å². The Morgan fingerprint density at radius 2 is 1.88 bits per heavy atom. The smallest absolute Gasteiger partial charge is 0.292 e. The molecular weight excluding hydrogens is 418 g/mol. The van der Waals surface area contributed by atoms with Gasteiger partial charge in [0.2, 0.25) is 11.7 Å². The number of anilines is 1. The number of fused-ring (bicyclic) bond motifs is 1. The van der Waals surface area contributed by atoms with Gasteiger partial charge in [0.15, 0.2) is 11.7 Å². The number of benzene rings is 1. The molecule has 170 valence electrons. The van der Waals surface area contributed by atoms with E-state index in [4.69, 9.17) is 14.4 Å². The van der Waals surface area contributed by atoms with Crippen molar-refractivity contribution in [2.45, 2.75) is 52.5 Å². The third-order valence-electron chi connectivity index (χ3n) is 6.47. The van der Waals surface area contributed by atoms with Crippen molar-refractivity contribution in [3.05, 3.63) is 70.3 Å². The van der Waals surface area contributed by atoms with E-state index in [0.29, 0.717) is 42.7 Å². The predicted octanol–water partition coefficient (Wildman–Crippen LogP) is 3.50. The van der Waals surface area contributed by atoms with E-state index >= 15 is 0 Å². The number of nitrogens with zero attached hydrogens (tertiary/aromatic N) is 5. The van der Waals surface area contributed by atoms with E-state index in [1.165, 1.54) is 5.56 Å². The normalized spacial score (nSPS) is 17.7. The van der Waals surface area contributed by atoms with E-state index in [1.807, 2.05) is 25.1 Å². The Bertz CT molecular complexity index is 1220. The van der Waals surface area contributed by atoms with Crippen molar-refractivity contribution in [1.82, 2.24) is 19.9 Å². The Hall–Kier alpha value is -3.55. The molecule has 0 bridgehead atoms. The zero-order chi connectivity index (χ0) is 23.1. The van der Waals surface area contributed by atoms with Crippen LogP contribution in [0.15, 0.2) is 34.7 Å². The van der Waals surface area contributed by atoms with E-state index in [9.17, 15) is 9.59 Å². The van der Waals surface area contributed by atoms with Crippen molar-refractivity contribution in [3.63, 3.8) is 0 Å². The first-order valence-electron chi connectivity index (χ1n) is 11.4. The number of aryl methyl sites for hydroxylation is 3. The van der Waals surface area contributed by atoms with Gasteiger partial charge < -0.3 is 9.32 Å². The molecule has 8 nitrogen and oxygen atoms in total. The molecule has 1 atom stereocenters. The second-order valence-corrected chi connectivity index (χ2v) is 8.73. The molecule has 4 heterocycles. The summed E-state index contributed by atoms with van der Waals surface area (Å²) in [7, 11) is 0. The molecule has 0 unspecified atom stereocenters. The number of carbonyl (C=O) groups excluding carboxylic acids is 2. The fraction of sp³-hybridized carbons (Fsp3) is 0.400. The Labute approximate surface area is 192 Å². The Kier molecular flexibility index (Phi) is 5.44. The van der Waals surface area contributed by atoms with Crippen molar-refractivity contribution in [2.24, 2.45) is 0 Å². The number of likely N-dealkylation sites (tertiary alicyclic amines) is 1. The number of hydrogen-bond donors (Lipinski definition) is 0. The average Bonchev–Trinajstić information content (AvgIpc) is 3.49. The summed E-state index contributed by atoms with van der Waals surface area (Å²) in [5.41, 5.74) is 3.45. The highest BCUT2D eigenvalue weighted by molar-refractivity contribution is 6.00. The van der Waals surface area contributed by atoms with E-state index in [2.05, 4.69) is 17.1 Å². The summed E-state index contributed by atoms with van der Waals surface area (Å²) in [5.74, 6) is 1.88. The standard InChI is InChI=1S/C25H27N5O3/c1-15-19-14-21(31)30(13-11-18-8-5-4-6-9-18)24(19)28-23(27-15)20-10-7-12-29(20)25(32)22-16(2)26-17(3)33-22/h4-6,8-9,20H,7,10-14H2,1-3H3/t20-/m0/s1. The quantitative estimate of drug-likeness (QED) is 0.597. The SMILES string of the molecule is Cc1nc(C)c(C(=O)N2CCC[C@H]2c2nc(C)c3c(n2)N(CCc2ccccc2)C(=O)C3)o1. The van der Waals surface area contributed by atoms with Gasteiger partial charge in [0.05, 0.1) is 18.2 Å². The third kappa shape index (κ3) is 3.90. The molecule has 0 spiro atoms. The summed E-state index contributed by atoms with van der Waals surface area (Å²) in [5, 5.41) is 0. The molecule has 1 aromatic carbocycles. The van der Waals surface area contributed by atoms with Crippen LogP contribution in [-0.4, -0.2) is 44.8 Å². The lowest BCUT2D eigenvalue weighted by molar-refractivity contribution is -0.117. The summed E-state index contributed by atoms with van der Waals surface area (Å²) in [6.45, 7) is 6.61. The fourth-order valence-electron chi connectivity index (χ4n) is 4.80. The first kappa shape index (κ1) is 21.3. The van der Waals surface area contributed by atoms with Crippen molar-refractivity contribution >= 4 is 17.6 Å². The van der Waals surface area contributed by atoms with Gasteiger partial charge in [0.1, 0.15) is 5.82 Å². The van der Waals surface area contributed by atoms with Gasteiger partial charge in [-0.3, -0.25) is 14.5 Å². The van der Waals surface area contributed by atoms with Gasteiger partial charge >= 0.3 is 0 Å². The highest BCUT2D eigenvalue weighted by atomic mass is 16.4. The van der Waals surface area contributed by atoms with Crippen molar-refractivity contribution < 1.29 is 14.0 Å². The molecule has 2 amide bonds. The second-order valence-electron chi connectivity index (χ2n) is 8.73. The Morgan fingerprint density at radius 1 is 1.09 bits per heavy atom. The van der Waals surface area contributed by atoms with Crippen LogP contribution in [0, 0.1) is 20.8 Å². The predicted molar refractivity (Wildman–Crippen MR) is 122 cm³/mol. The Morgan fingerprint density at radius 3 is 2.61 bits per heavy atom. The first-order chi connectivity index (χ1) is 15.9. The second kappa shape index (κ2) is 8.42. The van der Waals surface area contributed by atoms with E-state index in [1.54, 1.807) is 23.6 Å². The van der Waals surface area contributed by atoms with Crippen LogP contribution in [0.2, 0.25) is 0 Å². The average molecular weight is 446 g/mol. The minimum atomic E-state index is -0.252. The fourth-order valence-corrected chi connectivity index (χ4v) is 4.80. The van der Waals surface area contributed by atoms with Gasteiger partial charge in [-0.1, -0.05) is 30.3 Å². The minimum Gasteiger partial charge on any atom is -0.436 e. The van der Waals surface area contributed by atoms with Crippen LogP contribution < -0.4 is 4.90 Å². The number of amides is 2. The van der Waals surface area contributed by atoms with E-state index in [0.717, 1.165) is 30.5 Å². The zero-order valence-corrected chi connectivity index (χ0v) is 19.2. The molecule has 8 heteroatoms. The summed E-state index contributed by atoms with van der Waals surface area (Å²) in [6, 6.07) is 9.86. The number of rotatable bonds is 5. The van der Waals surface area contributed by atoms with Crippen LogP contribution in [0.3, 0.4) is 0 Å². The molecule has 3 aromatic rings. The largest absolute Gasteiger partial charge is 0.436 e. The van der Waals surface area contributed by atoms with Crippen LogP contribution in [0.4, 0.5) is 5.82 Å². The lowest BCUT2D eigenvalue weighted by Gasteiger charge is -2.24. The maximum absolute atomic E-state index is 13.2. The number of aromatic nitrogens is 3. The van der Waals surface area contributed by atoms with Gasteiger partial charge in [-0.2, -0.15) is 0 Å². The van der Waals surface area contributed by atoms with Crippen LogP contribution in [-0.2, 0) is 17.6 Å². The van der Waals surface area contributed by atoms with Gasteiger partial charge in [-0.25, -0.2) is 15.0 Å². The molecule has 0 radical (unpaired) electrons. The van der Waals surface area contributed by atoms with Gasteiger partial charge in [-0.05, 0) is 38.7 Å². The molecular formula is C25H27N5O3. The molecule has 2 aromatic heterocycles. The molecule has 0 N–H and O–H groups in total. The molecule has 1 fully saturated rings. The molecule has 1 saturated heterocycles. The van der Waals surface area contributed by atoms with E-state index < -0.39 is 0 Å². The lowest BCUT2D eigenvalue weighted by Crippen LogP contribution is -2.33. The Balaban J connectivity index is 1.43. The van der Waals surface area contributed by atoms with Crippen LogP contribution in [0.5, 0.6) is 0 Å². The third-order valence-corrected chi connectivity index (χ3v) is 6.47. The van der Waals surface area contributed by atoms with Gasteiger partial charge in [-0.15, -0.1) is 0 Å². The number of oxazole rings is 1. The molecule has 2 aliphatic rings. The maximum Gasteiger partial charge on any atom is 0.292 e. The zero-order valence-electron chi connectivity index (χ0n) is 19.2. The minimum absolute atomic E-state index is 0.0441. The lowest BCUT2D eigenvalue weighted by atomic mass is 10.1. The first-order valence-corrected chi connectivity index (χ1v) is 11.4. The monoisotopic (exact) mass is 445 g/mol. The summed E-state index contributed by atoms with van der Waals surface area (Å²) >= 11 is 0. The number of hydrogen-bond acceptors (Lipinski definition) is 6.